The van der Waals surface area contributed by atoms with E-state index in [0.717, 1.165) is 6.08 Å². The van der Waals surface area contributed by atoms with E-state index in [1.807, 2.05) is 0 Å². The monoisotopic (exact) mass is 209 g/mol. The molecule has 0 saturated carbocycles. The van der Waals surface area contributed by atoms with Crippen molar-refractivity contribution in [1.29, 1.82) is 0 Å². The third kappa shape index (κ3) is 2.07. The van der Waals surface area contributed by atoms with E-state index < -0.39 is 5.97 Å². The Balaban J connectivity index is 2.28. The zero-order valence-corrected chi connectivity index (χ0v) is 7.66. The van der Waals surface area contributed by atoms with Gasteiger partial charge in [0.1, 0.15) is 18.2 Å². The first kappa shape index (κ1) is 9.51. The minimum Gasteiger partial charge on any atom is -0.485 e. The van der Waals surface area contributed by atoms with Gasteiger partial charge in [0.05, 0.1) is 11.4 Å². The van der Waals surface area contributed by atoms with Crippen LogP contribution in [0.3, 0.4) is 0 Å². The van der Waals surface area contributed by atoms with Gasteiger partial charge in [0, 0.05) is 12.1 Å². The van der Waals surface area contributed by atoms with E-state index in [-0.39, 0.29) is 12.4 Å². The minimum absolute atomic E-state index is 0.1000. The molecule has 2 rings (SSSR count). The van der Waals surface area contributed by atoms with Crippen LogP contribution < -0.4 is 10.1 Å². The highest BCUT2D eigenvalue weighted by Gasteiger charge is 2.14. The van der Waals surface area contributed by atoms with Crippen molar-refractivity contribution in [2.45, 2.75) is 0 Å². The molecular weight excluding hydrogens is 201 g/mol. The molecule has 0 radical (unpaired) electrons. The fraction of sp³-hybridized carbons (Fsp3) is 0.100. The molecule has 0 spiro atoms. The summed E-state index contributed by atoms with van der Waals surface area (Å²) in [6, 6.07) is 4.03. The van der Waals surface area contributed by atoms with Gasteiger partial charge >= 0.3 is 5.97 Å². The van der Waals surface area contributed by atoms with Gasteiger partial charge in [0.15, 0.2) is 0 Å². The number of halogens is 1. The zero-order chi connectivity index (χ0) is 10.8. The van der Waals surface area contributed by atoms with Crippen LogP contribution in [0.2, 0.25) is 0 Å². The maximum atomic E-state index is 12.8. The Labute approximate surface area is 85.0 Å². The number of nitrogens with one attached hydrogen (secondary N) is 1. The molecule has 0 amide bonds. The molecule has 0 saturated heterocycles. The fourth-order valence-corrected chi connectivity index (χ4v) is 1.31. The summed E-state index contributed by atoms with van der Waals surface area (Å²) >= 11 is 0. The van der Waals surface area contributed by atoms with E-state index in [1.165, 1.54) is 18.2 Å². The van der Waals surface area contributed by atoms with Gasteiger partial charge in [-0.05, 0) is 12.1 Å². The third-order valence-electron chi connectivity index (χ3n) is 1.92. The molecule has 0 unspecified atom stereocenters. The van der Waals surface area contributed by atoms with Crippen LogP contribution in [-0.4, -0.2) is 17.7 Å². The van der Waals surface area contributed by atoms with Crippen LogP contribution in [0.4, 0.5) is 10.1 Å². The van der Waals surface area contributed by atoms with Crippen LogP contribution in [0.15, 0.2) is 30.0 Å². The molecule has 0 bridgehead atoms. The molecule has 5 heteroatoms. The lowest BCUT2D eigenvalue weighted by Gasteiger charge is -2.21. The van der Waals surface area contributed by atoms with Gasteiger partial charge in [-0.15, -0.1) is 0 Å². The number of carbonyl (C=O) groups is 1. The van der Waals surface area contributed by atoms with Gasteiger partial charge in [0.25, 0.3) is 0 Å². The SMILES string of the molecule is O=C(O)C=C1COc2cc(F)ccc2N1. The number of benzene rings is 1. The van der Waals surface area contributed by atoms with Crippen LogP contribution >= 0.6 is 0 Å². The van der Waals surface area contributed by atoms with Crippen LogP contribution in [0, 0.1) is 5.82 Å². The van der Waals surface area contributed by atoms with E-state index in [2.05, 4.69) is 5.32 Å². The normalized spacial score (nSPS) is 16.5. The molecule has 2 N–H and O–H groups in total. The van der Waals surface area contributed by atoms with Crippen molar-refractivity contribution in [2.75, 3.05) is 11.9 Å². The molecule has 1 aromatic carbocycles. The van der Waals surface area contributed by atoms with E-state index >= 15 is 0 Å². The second kappa shape index (κ2) is 3.61. The zero-order valence-electron chi connectivity index (χ0n) is 7.66. The second-order valence-corrected chi connectivity index (χ2v) is 3.06. The summed E-state index contributed by atoms with van der Waals surface area (Å²) in [4.78, 5) is 10.4. The smallest absolute Gasteiger partial charge is 0.330 e. The summed E-state index contributed by atoms with van der Waals surface area (Å²) in [6.07, 6.45) is 1.02. The number of hydrogen-bond acceptors (Lipinski definition) is 3. The maximum absolute atomic E-state index is 12.8. The van der Waals surface area contributed by atoms with Crippen molar-refractivity contribution in [2.24, 2.45) is 0 Å². The van der Waals surface area contributed by atoms with Gasteiger partial charge in [-0.2, -0.15) is 0 Å². The van der Waals surface area contributed by atoms with Crippen LogP contribution in [0.1, 0.15) is 0 Å². The Hall–Kier alpha value is -2.04. The van der Waals surface area contributed by atoms with E-state index in [1.54, 1.807) is 0 Å². The number of anilines is 1. The van der Waals surface area contributed by atoms with E-state index in [4.69, 9.17) is 9.84 Å². The Morgan fingerprint density at radius 2 is 2.40 bits per heavy atom. The summed E-state index contributed by atoms with van der Waals surface area (Å²) in [6.45, 7) is 0.1000. The summed E-state index contributed by atoms with van der Waals surface area (Å²) in [5, 5.41) is 11.4. The van der Waals surface area contributed by atoms with Crippen molar-refractivity contribution < 1.29 is 19.0 Å². The number of carboxylic acid groups (broad SMARTS) is 1. The van der Waals surface area contributed by atoms with Crippen molar-refractivity contribution >= 4 is 11.7 Å². The number of hydrogen-bond donors (Lipinski definition) is 2. The number of aliphatic carboxylic acids is 1. The van der Waals surface area contributed by atoms with Crippen LogP contribution in [0.5, 0.6) is 5.75 Å². The number of ether oxygens (including phenoxy) is 1. The van der Waals surface area contributed by atoms with Gasteiger partial charge < -0.3 is 15.2 Å². The number of fused-ring (bicyclic) bond motifs is 1. The lowest BCUT2D eigenvalue weighted by Crippen LogP contribution is -2.17. The lowest BCUT2D eigenvalue weighted by molar-refractivity contribution is -0.131. The van der Waals surface area contributed by atoms with Gasteiger partial charge in [-0.25, -0.2) is 9.18 Å². The molecule has 1 aliphatic heterocycles. The standard InChI is InChI=1S/C10H8FNO3/c11-6-1-2-8-9(3-6)15-5-7(12-8)4-10(13)14/h1-4,12H,5H2,(H,13,14). The predicted molar refractivity (Wildman–Crippen MR) is 51.2 cm³/mol. The van der Waals surface area contributed by atoms with Crippen LogP contribution in [0.25, 0.3) is 0 Å². The topological polar surface area (TPSA) is 58.6 Å². The van der Waals surface area contributed by atoms with Gasteiger partial charge in [-0.3, -0.25) is 0 Å². The fourth-order valence-electron chi connectivity index (χ4n) is 1.31. The largest absolute Gasteiger partial charge is 0.485 e. The van der Waals surface area contributed by atoms with Crippen molar-refractivity contribution in [3.63, 3.8) is 0 Å². The summed E-state index contributed by atoms with van der Waals surface area (Å²) in [5.74, 6) is -1.05. The van der Waals surface area contributed by atoms with Crippen molar-refractivity contribution in [1.82, 2.24) is 0 Å². The third-order valence-corrected chi connectivity index (χ3v) is 1.92. The summed E-state index contributed by atoms with van der Waals surface area (Å²) in [7, 11) is 0. The highest BCUT2D eigenvalue weighted by Crippen LogP contribution is 2.30. The average Bonchev–Trinajstić information content (AvgIpc) is 2.17. The molecule has 1 aromatic rings. The summed E-state index contributed by atoms with van der Waals surface area (Å²) < 4.78 is 18.0. The molecule has 78 valence electrons. The molecule has 1 aliphatic rings. The van der Waals surface area contributed by atoms with Crippen LogP contribution in [-0.2, 0) is 4.79 Å². The first-order valence-corrected chi connectivity index (χ1v) is 4.28. The quantitative estimate of drug-likeness (QED) is 0.689. The number of rotatable bonds is 1. The molecule has 4 nitrogen and oxygen atoms in total. The molecule has 1 heterocycles. The first-order chi connectivity index (χ1) is 7.15. The van der Waals surface area contributed by atoms with Gasteiger partial charge in [0.2, 0.25) is 0 Å². The lowest BCUT2D eigenvalue weighted by atomic mass is 10.2. The average molecular weight is 209 g/mol. The van der Waals surface area contributed by atoms with E-state index in [0.29, 0.717) is 17.1 Å². The summed E-state index contributed by atoms with van der Waals surface area (Å²) in [5.41, 5.74) is 0.997. The molecule has 15 heavy (non-hydrogen) atoms. The number of carboxylic acids is 1. The Morgan fingerprint density at radius 3 is 3.13 bits per heavy atom. The molecule has 0 fully saturated rings. The minimum atomic E-state index is -1.05. The molecule has 0 aliphatic carbocycles. The van der Waals surface area contributed by atoms with E-state index in [9.17, 15) is 9.18 Å². The second-order valence-electron chi connectivity index (χ2n) is 3.06. The highest BCUT2D eigenvalue weighted by atomic mass is 19.1. The van der Waals surface area contributed by atoms with Gasteiger partial charge in [-0.1, -0.05) is 0 Å². The van der Waals surface area contributed by atoms with Crippen molar-refractivity contribution in [3.8, 4) is 5.75 Å². The molecule has 0 aromatic heterocycles. The Bertz CT molecular complexity index is 442. The molecular formula is C10H8FNO3. The predicted octanol–water partition coefficient (Wildman–Crippen LogP) is 1.60. The maximum Gasteiger partial charge on any atom is 0.330 e. The first-order valence-electron chi connectivity index (χ1n) is 4.28. The molecule has 0 atom stereocenters. The Morgan fingerprint density at radius 1 is 1.60 bits per heavy atom. The highest BCUT2D eigenvalue weighted by molar-refractivity contribution is 5.82. The van der Waals surface area contributed by atoms with Crippen molar-refractivity contribution in [3.05, 3.63) is 35.8 Å². The Kier molecular flexibility index (Phi) is 2.29.